The highest BCUT2D eigenvalue weighted by Gasteiger charge is 2.13. The van der Waals surface area contributed by atoms with Crippen LogP contribution in [-0.4, -0.2) is 20.2 Å². The third-order valence-electron chi connectivity index (χ3n) is 3.43. The van der Waals surface area contributed by atoms with Crippen LogP contribution in [0.2, 0.25) is 0 Å². The van der Waals surface area contributed by atoms with Crippen molar-refractivity contribution in [2.24, 2.45) is 5.92 Å². The van der Waals surface area contributed by atoms with Gasteiger partial charge in [-0.25, -0.2) is 4.98 Å². The Bertz CT molecular complexity index is 714. The van der Waals surface area contributed by atoms with E-state index >= 15 is 0 Å². The summed E-state index contributed by atoms with van der Waals surface area (Å²) in [5.74, 6) is 0.974. The van der Waals surface area contributed by atoms with E-state index in [-0.39, 0.29) is 22.6 Å². The second kappa shape index (κ2) is 6.71. The van der Waals surface area contributed by atoms with Gasteiger partial charge in [-0.2, -0.15) is 12.6 Å². The number of hydrogen-bond acceptors (Lipinski definition) is 5. The van der Waals surface area contributed by atoms with Crippen molar-refractivity contribution in [2.45, 2.75) is 26.3 Å². The molecule has 0 fully saturated rings. The average Bonchev–Trinajstić information content (AvgIpc) is 2.49. The normalized spacial score (nSPS) is 12.5. The monoisotopic (exact) mass is 307 g/mol. The Balaban J connectivity index is 2.44. The van der Waals surface area contributed by atoms with E-state index in [0.717, 1.165) is 12.8 Å². The molecule has 6 nitrogen and oxygen atoms in total. The SMILES string of the molecule is CCCC(CS)Cn1cnc2ccc([N+](=O)[O-])cc2c1=O. The van der Waals surface area contributed by atoms with Gasteiger partial charge in [0.2, 0.25) is 0 Å². The molecule has 0 aliphatic carbocycles. The second-order valence-electron chi connectivity index (χ2n) is 5.00. The summed E-state index contributed by atoms with van der Waals surface area (Å²) in [6, 6.07) is 4.14. The van der Waals surface area contributed by atoms with Gasteiger partial charge in [0.15, 0.2) is 0 Å². The third-order valence-corrected chi connectivity index (χ3v) is 3.94. The van der Waals surface area contributed by atoms with Gasteiger partial charge < -0.3 is 0 Å². The minimum Gasteiger partial charge on any atom is -0.298 e. The molecule has 0 bridgehead atoms. The first-order valence-corrected chi connectivity index (χ1v) is 7.44. The maximum absolute atomic E-state index is 12.4. The lowest BCUT2D eigenvalue weighted by atomic mass is 10.1. The molecule has 0 radical (unpaired) electrons. The molecule has 0 aliphatic rings. The molecule has 0 spiro atoms. The van der Waals surface area contributed by atoms with Gasteiger partial charge in [-0.1, -0.05) is 13.3 Å². The van der Waals surface area contributed by atoms with Crippen LogP contribution in [0.1, 0.15) is 19.8 Å². The minimum absolute atomic E-state index is 0.0987. The van der Waals surface area contributed by atoms with Crippen LogP contribution >= 0.6 is 12.6 Å². The molecule has 1 aromatic heterocycles. The summed E-state index contributed by atoms with van der Waals surface area (Å²) in [5.41, 5.74) is 0.129. The van der Waals surface area contributed by atoms with Gasteiger partial charge >= 0.3 is 0 Å². The molecule has 1 heterocycles. The number of non-ortho nitro benzene ring substituents is 1. The third kappa shape index (κ3) is 3.41. The number of hydrogen-bond donors (Lipinski definition) is 1. The number of nitrogens with zero attached hydrogens (tertiary/aromatic N) is 3. The topological polar surface area (TPSA) is 78.0 Å². The van der Waals surface area contributed by atoms with Gasteiger partial charge in [-0.15, -0.1) is 0 Å². The highest BCUT2D eigenvalue weighted by molar-refractivity contribution is 7.80. The van der Waals surface area contributed by atoms with Crippen molar-refractivity contribution in [1.29, 1.82) is 0 Å². The standard InChI is InChI=1S/C14H17N3O3S/c1-2-3-10(8-21)7-16-9-15-13-5-4-11(17(19)20)6-12(13)14(16)18/h4-6,9-10,21H,2-3,7-8H2,1H3. The quantitative estimate of drug-likeness (QED) is 0.505. The molecule has 2 rings (SSSR count). The molecule has 21 heavy (non-hydrogen) atoms. The van der Waals surface area contributed by atoms with E-state index in [9.17, 15) is 14.9 Å². The predicted molar refractivity (Wildman–Crippen MR) is 84.9 cm³/mol. The second-order valence-corrected chi connectivity index (χ2v) is 5.36. The lowest BCUT2D eigenvalue weighted by Gasteiger charge is -2.15. The first-order valence-electron chi connectivity index (χ1n) is 6.81. The molecule has 112 valence electrons. The summed E-state index contributed by atoms with van der Waals surface area (Å²) in [4.78, 5) is 26.9. The van der Waals surface area contributed by atoms with E-state index in [4.69, 9.17) is 0 Å². The van der Waals surface area contributed by atoms with Crippen LogP contribution in [0, 0.1) is 16.0 Å². The molecular weight excluding hydrogens is 290 g/mol. The van der Waals surface area contributed by atoms with E-state index in [0.29, 0.717) is 17.8 Å². The summed E-state index contributed by atoms with van der Waals surface area (Å²) >= 11 is 4.31. The van der Waals surface area contributed by atoms with Crippen molar-refractivity contribution in [3.8, 4) is 0 Å². The Morgan fingerprint density at radius 1 is 1.48 bits per heavy atom. The number of rotatable bonds is 6. The van der Waals surface area contributed by atoms with Crippen molar-refractivity contribution >= 4 is 29.2 Å². The summed E-state index contributed by atoms with van der Waals surface area (Å²) in [6.45, 7) is 2.61. The fraction of sp³-hybridized carbons (Fsp3) is 0.429. The van der Waals surface area contributed by atoms with Gasteiger partial charge in [0.25, 0.3) is 11.2 Å². The number of nitro groups is 1. The van der Waals surface area contributed by atoms with E-state index < -0.39 is 4.92 Å². The zero-order valence-corrected chi connectivity index (χ0v) is 12.6. The summed E-state index contributed by atoms with van der Waals surface area (Å²) in [6.07, 6.45) is 3.50. The Morgan fingerprint density at radius 2 is 2.24 bits per heavy atom. The Morgan fingerprint density at radius 3 is 2.86 bits per heavy atom. The van der Waals surface area contributed by atoms with Gasteiger partial charge in [-0.3, -0.25) is 19.5 Å². The fourth-order valence-corrected chi connectivity index (χ4v) is 2.62. The molecule has 0 amide bonds. The van der Waals surface area contributed by atoms with Crippen molar-refractivity contribution in [2.75, 3.05) is 5.75 Å². The molecule has 1 aromatic carbocycles. The summed E-state index contributed by atoms with van der Waals surface area (Å²) < 4.78 is 1.52. The first-order chi connectivity index (χ1) is 10.1. The minimum atomic E-state index is -0.510. The lowest BCUT2D eigenvalue weighted by molar-refractivity contribution is -0.384. The number of benzene rings is 1. The Hall–Kier alpha value is -1.89. The van der Waals surface area contributed by atoms with Crippen LogP contribution < -0.4 is 5.56 Å². The largest absolute Gasteiger partial charge is 0.298 e. The van der Waals surface area contributed by atoms with Crippen LogP contribution in [0.5, 0.6) is 0 Å². The van der Waals surface area contributed by atoms with Gasteiger partial charge in [0, 0.05) is 18.7 Å². The molecule has 1 unspecified atom stereocenters. The Kier molecular flexibility index (Phi) is 4.95. The number of thiol groups is 1. The van der Waals surface area contributed by atoms with Gasteiger partial charge in [0.05, 0.1) is 22.2 Å². The highest BCUT2D eigenvalue weighted by atomic mass is 32.1. The van der Waals surface area contributed by atoms with Crippen LogP contribution in [0.4, 0.5) is 5.69 Å². The van der Waals surface area contributed by atoms with Crippen molar-refractivity contribution in [3.05, 3.63) is 45.0 Å². The van der Waals surface area contributed by atoms with Crippen LogP contribution in [0.25, 0.3) is 10.9 Å². The molecule has 7 heteroatoms. The molecule has 0 aliphatic heterocycles. The number of fused-ring (bicyclic) bond motifs is 1. The van der Waals surface area contributed by atoms with Crippen molar-refractivity contribution < 1.29 is 4.92 Å². The van der Waals surface area contributed by atoms with E-state index in [1.54, 1.807) is 0 Å². The average molecular weight is 307 g/mol. The fourth-order valence-electron chi connectivity index (χ4n) is 2.32. The van der Waals surface area contributed by atoms with Crippen LogP contribution in [0.3, 0.4) is 0 Å². The summed E-state index contributed by atoms with van der Waals surface area (Å²) in [5, 5.41) is 11.1. The van der Waals surface area contributed by atoms with E-state index in [2.05, 4.69) is 24.5 Å². The van der Waals surface area contributed by atoms with Gasteiger partial charge in [0.1, 0.15) is 0 Å². The predicted octanol–water partition coefficient (Wildman–Crippen LogP) is 2.65. The first kappa shape index (κ1) is 15.5. The van der Waals surface area contributed by atoms with Crippen LogP contribution in [-0.2, 0) is 6.54 Å². The van der Waals surface area contributed by atoms with Crippen molar-refractivity contribution in [1.82, 2.24) is 9.55 Å². The number of aromatic nitrogens is 2. The molecule has 0 saturated carbocycles. The smallest absolute Gasteiger partial charge is 0.270 e. The maximum atomic E-state index is 12.4. The zero-order valence-electron chi connectivity index (χ0n) is 11.7. The zero-order chi connectivity index (χ0) is 15.4. The molecule has 1 atom stereocenters. The van der Waals surface area contributed by atoms with Gasteiger partial charge in [-0.05, 0) is 24.2 Å². The highest BCUT2D eigenvalue weighted by Crippen LogP contribution is 2.17. The Labute approximate surface area is 127 Å². The lowest BCUT2D eigenvalue weighted by Crippen LogP contribution is -2.25. The van der Waals surface area contributed by atoms with Crippen LogP contribution in [0.15, 0.2) is 29.3 Å². The molecule has 0 N–H and O–H groups in total. The number of nitro benzene ring substituents is 1. The maximum Gasteiger partial charge on any atom is 0.270 e. The molecular formula is C14H17N3O3S. The molecule has 2 aromatic rings. The van der Waals surface area contributed by atoms with E-state index in [1.165, 1.54) is 29.1 Å². The summed E-state index contributed by atoms with van der Waals surface area (Å²) in [7, 11) is 0. The molecule has 0 saturated heterocycles. The van der Waals surface area contributed by atoms with E-state index in [1.807, 2.05) is 0 Å². The van der Waals surface area contributed by atoms with Crippen molar-refractivity contribution in [3.63, 3.8) is 0 Å².